The Morgan fingerprint density at radius 3 is 1.74 bits per heavy atom. The lowest BCUT2D eigenvalue weighted by molar-refractivity contribution is -0.147. The van der Waals surface area contributed by atoms with Crippen LogP contribution in [0.1, 0.15) is 40.0 Å². The number of hydrogen-bond donors (Lipinski definition) is 10. The molecular weight excluding hydrogens is 526 g/mol. The molecule has 0 saturated heterocycles. The summed E-state index contributed by atoms with van der Waals surface area (Å²) in [6.45, 7) is 2.96. The summed E-state index contributed by atoms with van der Waals surface area (Å²) < 4.78 is 0. The highest BCUT2D eigenvalue weighted by molar-refractivity contribution is 5.96. The summed E-state index contributed by atoms with van der Waals surface area (Å²) >= 11 is 0. The lowest BCUT2D eigenvalue weighted by atomic mass is 10.1. The number of amides is 6. The predicted octanol–water partition coefficient (Wildman–Crippen LogP) is -5.39. The molecule has 12 N–H and O–H groups in total. The zero-order valence-electron chi connectivity index (χ0n) is 21.6. The molecule has 220 valence electrons. The smallest absolute Gasteiger partial charge is 0.326 e. The SMILES string of the molecule is CC(NC(=O)C(C)NC(=O)C(NC(=O)CNC(=O)C(N)CCC(N)=O)C(C)O)C(=O)NC(CC(=O)O)C(=O)O. The summed E-state index contributed by atoms with van der Waals surface area (Å²) in [6.07, 6.45) is -2.53. The van der Waals surface area contributed by atoms with Crippen molar-refractivity contribution in [1.29, 1.82) is 0 Å². The van der Waals surface area contributed by atoms with Crippen molar-refractivity contribution >= 4 is 47.4 Å². The first-order valence-corrected chi connectivity index (χ1v) is 11.6. The number of carboxylic acid groups (broad SMARTS) is 2. The van der Waals surface area contributed by atoms with Crippen molar-refractivity contribution in [2.45, 2.75) is 76.3 Å². The molecule has 0 spiro atoms. The van der Waals surface area contributed by atoms with E-state index in [1.807, 2.05) is 5.32 Å². The lowest BCUT2D eigenvalue weighted by Gasteiger charge is -2.24. The molecule has 0 bridgehead atoms. The van der Waals surface area contributed by atoms with Crippen LogP contribution < -0.4 is 38.1 Å². The Morgan fingerprint density at radius 1 is 0.769 bits per heavy atom. The number of nitrogens with one attached hydrogen (secondary N) is 5. The van der Waals surface area contributed by atoms with Crippen LogP contribution in [-0.4, -0.2) is 106 Å². The molecule has 39 heavy (non-hydrogen) atoms. The van der Waals surface area contributed by atoms with E-state index < -0.39 is 96.7 Å². The molecule has 0 saturated carbocycles. The van der Waals surface area contributed by atoms with Crippen LogP contribution in [-0.2, 0) is 38.4 Å². The van der Waals surface area contributed by atoms with Crippen molar-refractivity contribution in [2.75, 3.05) is 6.54 Å². The quantitative estimate of drug-likeness (QED) is 0.0795. The third-order valence-electron chi connectivity index (χ3n) is 5.04. The summed E-state index contributed by atoms with van der Waals surface area (Å²) in [7, 11) is 0. The number of carbonyl (C=O) groups excluding carboxylic acids is 6. The van der Waals surface area contributed by atoms with Gasteiger partial charge in [-0.2, -0.15) is 0 Å². The second-order valence-electron chi connectivity index (χ2n) is 8.57. The average Bonchev–Trinajstić information content (AvgIpc) is 2.82. The Morgan fingerprint density at radius 2 is 1.28 bits per heavy atom. The van der Waals surface area contributed by atoms with Crippen LogP contribution in [0.3, 0.4) is 0 Å². The third kappa shape index (κ3) is 13.7. The zero-order chi connectivity index (χ0) is 30.4. The Labute approximate surface area is 222 Å². The van der Waals surface area contributed by atoms with Crippen LogP contribution in [0.2, 0.25) is 0 Å². The monoisotopic (exact) mass is 561 g/mol. The number of primary amides is 1. The molecule has 0 aromatic heterocycles. The number of carbonyl (C=O) groups is 8. The topological polar surface area (TPSA) is 309 Å². The molecule has 0 aromatic carbocycles. The number of aliphatic hydroxyl groups is 1. The molecule has 18 nitrogen and oxygen atoms in total. The van der Waals surface area contributed by atoms with Gasteiger partial charge in [-0.3, -0.25) is 33.6 Å². The number of carboxylic acids is 2. The molecule has 0 fully saturated rings. The lowest BCUT2D eigenvalue weighted by Crippen LogP contribution is -2.59. The van der Waals surface area contributed by atoms with E-state index in [2.05, 4.69) is 21.3 Å². The van der Waals surface area contributed by atoms with E-state index in [4.69, 9.17) is 21.7 Å². The zero-order valence-corrected chi connectivity index (χ0v) is 21.6. The van der Waals surface area contributed by atoms with Gasteiger partial charge in [-0.15, -0.1) is 0 Å². The third-order valence-corrected chi connectivity index (χ3v) is 5.04. The second kappa shape index (κ2) is 16.5. The minimum atomic E-state index is -1.74. The van der Waals surface area contributed by atoms with Gasteiger partial charge in [-0.1, -0.05) is 0 Å². The molecule has 6 amide bonds. The van der Waals surface area contributed by atoms with Crippen molar-refractivity contribution < 1.29 is 53.7 Å². The molecule has 0 aliphatic carbocycles. The number of nitrogens with two attached hydrogens (primary N) is 2. The molecule has 0 aromatic rings. The first kappa shape index (κ1) is 34.7. The van der Waals surface area contributed by atoms with E-state index in [1.165, 1.54) is 20.8 Å². The fourth-order valence-electron chi connectivity index (χ4n) is 2.80. The molecule has 6 atom stereocenters. The molecule has 0 aliphatic heterocycles. The van der Waals surface area contributed by atoms with Crippen LogP contribution in [0, 0.1) is 0 Å². The number of aliphatic carboxylic acids is 2. The highest BCUT2D eigenvalue weighted by Crippen LogP contribution is 1.98. The highest BCUT2D eigenvalue weighted by Gasteiger charge is 2.30. The van der Waals surface area contributed by atoms with Gasteiger partial charge in [0.05, 0.1) is 25.1 Å². The highest BCUT2D eigenvalue weighted by atomic mass is 16.4. The van der Waals surface area contributed by atoms with Crippen LogP contribution >= 0.6 is 0 Å². The Kier molecular flexibility index (Phi) is 14.7. The average molecular weight is 562 g/mol. The summed E-state index contributed by atoms with van der Waals surface area (Å²) in [5.74, 6) is -8.26. The minimum Gasteiger partial charge on any atom is -0.481 e. The van der Waals surface area contributed by atoms with Crippen molar-refractivity contribution in [3.63, 3.8) is 0 Å². The van der Waals surface area contributed by atoms with E-state index in [1.54, 1.807) is 0 Å². The van der Waals surface area contributed by atoms with Gasteiger partial charge in [0.15, 0.2) is 0 Å². The van der Waals surface area contributed by atoms with Crippen LogP contribution in [0.15, 0.2) is 0 Å². The van der Waals surface area contributed by atoms with Crippen molar-refractivity contribution in [3.05, 3.63) is 0 Å². The fraction of sp³-hybridized carbons (Fsp3) is 0.619. The van der Waals surface area contributed by atoms with E-state index in [0.717, 1.165) is 0 Å². The van der Waals surface area contributed by atoms with Gasteiger partial charge in [0.25, 0.3) is 0 Å². The first-order chi connectivity index (χ1) is 18.0. The normalized spacial score (nSPS) is 15.2. The summed E-state index contributed by atoms with van der Waals surface area (Å²) in [5.41, 5.74) is 10.5. The van der Waals surface area contributed by atoms with E-state index in [-0.39, 0.29) is 12.8 Å². The van der Waals surface area contributed by atoms with E-state index in [0.29, 0.717) is 0 Å². The summed E-state index contributed by atoms with van der Waals surface area (Å²) in [4.78, 5) is 93.7. The summed E-state index contributed by atoms with van der Waals surface area (Å²) in [5, 5.41) is 38.4. The minimum absolute atomic E-state index is 0.0514. The molecule has 0 aliphatic rings. The molecular formula is C21H35N7O11. The van der Waals surface area contributed by atoms with Gasteiger partial charge in [0, 0.05) is 6.42 Å². The molecule has 6 unspecified atom stereocenters. The van der Waals surface area contributed by atoms with Crippen LogP contribution in [0.5, 0.6) is 0 Å². The van der Waals surface area contributed by atoms with E-state index >= 15 is 0 Å². The molecule has 18 heteroatoms. The van der Waals surface area contributed by atoms with Gasteiger partial charge in [-0.05, 0) is 27.2 Å². The number of hydrogen-bond acceptors (Lipinski definition) is 10. The van der Waals surface area contributed by atoms with Crippen LogP contribution in [0.25, 0.3) is 0 Å². The molecule has 0 heterocycles. The van der Waals surface area contributed by atoms with Crippen molar-refractivity contribution in [1.82, 2.24) is 26.6 Å². The molecule has 0 radical (unpaired) electrons. The Bertz CT molecular complexity index is 957. The van der Waals surface area contributed by atoms with Gasteiger partial charge in [0.2, 0.25) is 35.4 Å². The van der Waals surface area contributed by atoms with Crippen LogP contribution in [0.4, 0.5) is 0 Å². The number of rotatable bonds is 17. The molecule has 0 rings (SSSR count). The first-order valence-electron chi connectivity index (χ1n) is 11.6. The number of aliphatic hydroxyl groups excluding tert-OH is 1. The maximum atomic E-state index is 12.6. The maximum absolute atomic E-state index is 12.6. The summed E-state index contributed by atoms with van der Waals surface area (Å²) in [6, 6.07) is -7.03. The van der Waals surface area contributed by atoms with Gasteiger partial charge >= 0.3 is 11.9 Å². The maximum Gasteiger partial charge on any atom is 0.326 e. The van der Waals surface area contributed by atoms with Crippen molar-refractivity contribution in [3.8, 4) is 0 Å². The van der Waals surface area contributed by atoms with Gasteiger partial charge < -0.3 is 53.4 Å². The van der Waals surface area contributed by atoms with Gasteiger partial charge in [0.1, 0.15) is 24.2 Å². The fourth-order valence-corrected chi connectivity index (χ4v) is 2.80. The van der Waals surface area contributed by atoms with Crippen molar-refractivity contribution in [2.24, 2.45) is 11.5 Å². The van der Waals surface area contributed by atoms with E-state index in [9.17, 15) is 43.5 Å². The standard InChI is InChI=1S/C21H35N7O11/c1-8(17(34)25-9(2)18(35)27-12(21(38)39)6-15(32)33)26-20(37)16(10(3)29)28-14(31)7-24-19(36)11(22)4-5-13(23)30/h8-12,16,29H,4-7,22H2,1-3H3,(H2,23,30)(H,24,36)(H,25,34)(H,26,37)(H,27,35)(H,28,31)(H,32,33)(H,38,39). The Hall–Kier alpha value is -4.32. The second-order valence-corrected chi connectivity index (χ2v) is 8.57. The van der Waals surface area contributed by atoms with Gasteiger partial charge in [-0.25, -0.2) is 4.79 Å². The largest absolute Gasteiger partial charge is 0.481 e. The Balaban J connectivity index is 4.92. The predicted molar refractivity (Wildman–Crippen MR) is 130 cm³/mol.